The summed E-state index contributed by atoms with van der Waals surface area (Å²) in [6.07, 6.45) is -3.11. The first-order valence-electron chi connectivity index (χ1n) is 5.67. The first kappa shape index (κ1) is 15.3. The number of anilines is 2. The fourth-order valence-corrected chi connectivity index (χ4v) is 1.94. The summed E-state index contributed by atoms with van der Waals surface area (Å²) in [4.78, 5) is 15.8. The van der Waals surface area contributed by atoms with Gasteiger partial charge in [0.05, 0.1) is 16.9 Å². The summed E-state index contributed by atoms with van der Waals surface area (Å²) in [6, 6.07) is 5.63. The molecule has 0 saturated heterocycles. The Bertz CT molecular complexity index is 689. The van der Waals surface area contributed by atoms with Gasteiger partial charge in [-0.2, -0.15) is 13.2 Å². The second-order valence-corrected chi connectivity index (χ2v) is 4.93. The molecule has 1 aromatic carbocycles. The topological polar surface area (TPSA) is 68.0 Å². The number of hydrogen-bond donors (Lipinski definition) is 2. The van der Waals surface area contributed by atoms with Crippen molar-refractivity contribution < 1.29 is 18.0 Å². The molecule has 8 heteroatoms. The summed E-state index contributed by atoms with van der Waals surface area (Å²) in [6.45, 7) is 0. The molecule has 21 heavy (non-hydrogen) atoms. The van der Waals surface area contributed by atoms with Gasteiger partial charge in [0.15, 0.2) is 0 Å². The SMILES string of the molecule is Nc1ccc(C(F)(F)F)cc1NC(=O)c1ccnc(Br)c1. The molecule has 0 aliphatic heterocycles. The highest BCUT2D eigenvalue weighted by atomic mass is 79.9. The number of carbonyl (C=O) groups is 1. The summed E-state index contributed by atoms with van der Waals surface area (Å²) in [5.74, 6) is -0.580. The van der Waals surface area contributed by atoms with Crippen molar-refractivity contribution in [3.05, 3.63) is 52.3 Å². The van der Waals surface area contributed by atoms with Crippen molar-refractivity contribution in [3.63, 3.8) is 0 Å². The normalized spacial score (nSPS) is 11.2. The monoisotopic (exact) mass is 359 g/mol. The molecular formula is C13H9BrF3N3O. The Balaban J connectivity index is 2.29. The third-order valence-corrected chi connectivity index (χ3v) is 3.05. The van der Waals surface area contributed by atoms with Gasteiger partial charge in [0, 0.05) is 11.8 Å². The van der Waals surface area contributed by atoms with Crippen LogP contribution in [0.4, 0.5) is 24.5 Å². The average molecular weight is 360 g/mol. The van der Waals surface area contributed by atoms with Crippen LogP contribution in [0.1, 0.15) is 15.9 Å². The molecule has 3 N–H and O–H groups in total. The molecule has 0 fully saturated rings. The standard InChI is InChI=1S/C13H9BrF3N3O/c14-11-5-7(3-4-19-11)12(21)20-10-6-8(13(15,16)17)1-2-9(10)18/h1-6H,18H2,(H,20,21). The van der Waals surface area contributed by atoms with Crippen LogP contribution in [0.15, 0.2) is 41.1 Å². The van der Waals surface area contributed by atoms with Gasteiger partial charge in [-0.15, -0.1) is 0 Å². The van der Waals surface area contributed by atoms with Gasteiger partial charge < -0.3 is 11.1 Å². The molecule has 2 rings (SSSR count). The molecule has 110 valence electrons. The van der Waals surface area contributed by atoms with Crippen LogP contribution in [0.2, 0.25) is 0 Å². The van der Waals surface area contributed by atoms with Gasteiger partial charge in [-0.1, -0.05) is 0 Å². The predicted octanol–water partition coefficient (Wildman–Crippen LogP) is 3.70. The van der Waals surface area contributed by atoms with E-state index in [4.69, 9.17) is 5.73 Å². The molecule has 4 nitrogen and oxygen atoms in total. The van der Waals surface area contributed by atoms with Crippen molar-refractivity contribution in [3.8, 4) is 0 Å². The maximum absolute atomic E-state index is 12.6. The highest BCUT2D eigenvalue weighted by Crippen LogP contribution is 2.33. The Hall–Kier alpha value is -2.09. The molecule has 0 spiro atoms. The number of carbonyl (C=O) groups excluding carboxylic acids is 1. The van der Waals surface area contributed by atoms with Gasteiger partial charge in [0.2, 0.25) is 0 Å². The van der Waals surface area contributed by atoms with Crippen molar-refractivity contribution in [1.82, 2.24) is 4.98 Å². The summed E-state index contributed by atoms with van der Waals surface area (Å²) < 4.78 is 38.4. The molecule has 0 radical (unpaired) electrons. The quantitative estimate of drug-likeness (QED) is 0.634. The summed E-state index contributed by atoms with van der Waals surface area (Å²) >= 11 is 3.10. The fraction of sp³-hybridized carbons (Fsp3) is 0.0769. The molecule has 0 unspecified atom stereocenters. The largest absolute Gasteiger partial charge is 0.416 e. The number of alkyl halides is 3. The van der Waals surface area contributed by atoms with Crippen LogP contribution >= 0.6 is 15.9 Å². The van der Waals surface area contributed by atoms with E-state index in [1.807, 2.05) is 0 Å². The number of hydrogen-bond acceptors (Lipinski definition) is 3. The number of nitrogens with one attached hydrogen (secondary N) is 1. The number of amides is 1. The van der Waals surface area contributed by atoms with E-state index in [0.29, 0.717) is 4.60 Å². The molecular weight excluding hydrogens is 351 g/mol. The van der Waals surface area contributed by atoms with Crippen LogP contribution in [0.25, 0.3) is 0 Å². The van der Waals surface area contributed by atoms with Gasteiger partial charge in [-0.3, -0.25) is 4.79 Å². The van der Waals surface area contributed by atoms with E-state index in [1.54, 1.807) is 0 Å². The fourth-order valence-electron chi connectivity index (χ4n) is 1.58. The Kier molecular flexibility index (Phi) is 4.17. The third kappa shape index (κ3) is 3.72. The van der Waals surface area contributed by atoms with Crippen molar-refractivity contribution in [2.24, 2.45) is 0 Å². The van der Waals surface area contributed by atoms with E-state index >= 15 is 0 Å². The zero-order valence-electron chi connectivity index (χ0n) is 10.4. The Morgan fingerprint density at radius 3 is 2.57 bits per heavy atom. The molecule has 2 aromatic rings. The highest BCUT2D eigenvalue weighted by Gasteiger charge is 2.31. The minimum atomic E-state index is -4.51. The summed E-state index contributed by atoms with van der Waals surface area (Å²) in [5.41, 5.74) is 4.89. The van der Waals surface area contributed by atoms with Gasteiger partial charge in [-0.25, -0.2) is 4.98 Å². The molecule has 1 heterocycles. The van der Waals surface area contributed by atoms with E-state index in [-0.39, 0.29) is 16.9 Å². The number of benzene rings is 1. The second-order valence-electron chi connectivity index (χ2n) is 4.12. The van der Waals surface area contributed by atoms with E-state index in [1.165, 1.54) is 18.3 Å². The minimum absolute atomic E-state index is 0.0458. The number of aromatic nitrogens is 1. The smallest absolute Gasteiger partial charge is 0.397 e. The van der Waals surface area contributed by atoms with E-state index in [9.17, 15) is 18.0 Å². The van der Waals surface area contributed by atoms with Crippen LogP contribution in [-0.4, -0.2) is 10.9 Å². The lowest BCUT2D eigenvalue weighted by atomic mass is 10.1. The van der Waals surface area contributed by atoms with E-state index in [0.717, 1.165) is 18.2 Å². The van der Waals surface area contributed by atoms with Gasteiger partial charge >= 0.3 is 6.18 Å². The average Bonchev–Trinajstić information content (AvgIpc) is 2.40. The first-order chi connectivity index (χ1) is 9.77. The summed E-state index contributed by atoms with van der Waals surface area (Å²) in [7, 11) is 0. The first-order valence-corrected chi connectivity index (χ1v) is 6.46. The third-order valence-electron chi connectivity index (χ3n) is 2.62. The Morgan fingerprint density at radius 2 is 1.95 bits per heavy atom. The molecule has 1 aromatic heterocycles. The lowest BCUT2D eigenvalue weighted by molar-refractivity contribution is -0.137. The van der Waals surface area contributed by atoms with Crippen LogP contribution in [-0.2, 0) is 6.18 Å². The van der Waals surface area contributed by atoms with E-state index in [2.05, 4.69) is 26.2 Å². The summed E-state index contributed by atoms with van der Waals surface area (Å²) in [5, 5.41) is 2.35. The lowest BCUT2D eigenvalue weighted by Crippen LogP contribution is -2.14. The van der Waals surface area contributed by atoms with Gasteiger partial charge in [0.25, 0.3) is 5.91 Å². The molecule has 0 aliphatic rings. The van der Waals surface area contributed by atoms with Crippen molar-refractivity contribution in [2.45, 2.75) is 6.18 Å². The molecule has 0 bridgehead atoms. The number of halogens is 4. The zero-order chi connectivity index (χ0) is 15.6. The van der Waals surface area contributed by atoms with Crippen molar-refractivity contribution in [1.29, 1.82) is 0 Å². The Labute approximate surface area is 126 Å². The number of nitrogens with two attached hydrogens (primary N) is 1. The van der Waals surface area contributed by atoms with Crippen molar-refractivity contribution in [2.75, 3.05) is 11.1 Å². The second kappa shape index (κ2) is 5.72. The van der Waals surface area contributed by atoms with Crippen LogP contribution in [0.5, 0.6) is 0 Å². The molecule has 1 amide bonds. The van der Waals surface area contributed by atoms with Gasteiger partial charge in [-0.05, 0) is 46.3 Å². The number of pyridine rings is 1. The highest BCUT2D eigenvalue weighted by molar-refractivity contribution is 9.10. The lowest BCUT2D eigenvalue weighted by Gasteiger charge is -2.12. The maximum atomic E-state index is 12.6. The number of nitrogen functional groups attached to an aromatic ring is 1. The molecule has 0 atom stereocenters. The molecule has 0 saturated carbocycles. The predicted molar refractivity (Wildman–Crippen MR) is 75.7 cm³/mol. The van der Waals surface area contributed by atoms with Crippen LogP contribution < -0.4 is 11.1 Å². The van der Waals surface area contributed by atoms with E-state index < -0.39 is 17.6 Å². The molecule has 0 aliphatic carbocycles. The zero-order valence-corrected chi connectivity index (χ0v) is 12.0. The van der Waals surface area contributed by atoms with Crippen molar-refractivity contribution >= 4 is 33.2 Å². The number of rotatable bonds is 2. The minimum Gasteiger partial charge on any atom is -0.397 e. The van der Waals surface area contributed by atoms with Crippen LogP contribution in [0.3, 0.4) is 0 Å². The number of nitrogens with zero attached hydrogens (tertiary/aromatic N) is 1. The van der Waals surface area contributed by atoms with Crippen LogP contribution in [0, 0.1) is 0 Å². The van der Waals surface area contributed by atoms with Gasteiger partial charge in [0.1, 0.15) is 4.60 Å². The Morgan fingerprint density at radius 1 is 1.24 bits per heavy atom. The maximum Gasteiger partial charge on any atom is 0.416 e.